The third-order valence-electron chi connectivity index (χ3n) is 3.95. The van der Waals surface area contributed by atoms with Crippen LogP contribution < -0.4 is 19.8 Å². The van der Waals surface area contributed by atoms with E-state index in [0.717, 1.165) is 11.3 Å². The van der Waals surface area contributed by atoms with Crippen molar-refractivity contribution in [3.05, 3.63) is 45.9 Å². The largest absolute Gasteiger partial charge is 0.508 e. The lowest BCUT2D eigenvalue weighted by atomic mass is 9.91. The monoisotopic (exact) mass is 347 g/mol. The van der Waals surface area contributed by atoms with Gasteiger partial charge >= 0.3 is 0 Å². The molecule has 0 atom stereocenters. The van der Waals surface area contributed by atoms with Crippen molar-refractivity contribution >= 4 is 0 Å². The molecular formula is C19H25NO5. The van der Waals surface area contributed by atoms with Gasteiger partial charge in [0, 0.05) is 23.2 Å². The highest BCUT2D eigenvalue weighted by molar-refractivity contribution is 5.54. The Bertz CT molecular complexity index is 793. The lowest BCUT2D eigenvalue weighted by Crippen LogP contribution is -2.29. The van der Waals surface area contributed by atoms with Crippen LogP contribution in [-0.2, 0) is 12.0 Å². The van der Waals surface area contributed by atoms with E-state index in [0.29, 0.717) is 23.8 Å². The summed E-state index contributed by atoms with van der Waals surface area (Å²) < 4.78 is 17.7. The predicted octanol–water partition coefficient (Wildman–Crippen LogP) is 2.93. The molecule has 0 radical (unpaired) electrons. The summed E-state index contributed by atoms with van der Waals surface area (Å²) in [6.45, 7) is 6.30. The van der Waals surface area contributed by atoms with Gasteiger partial charge in [0.25, 0.3) is 5.56 Å². The summed E-state index contributed by atoms with van der Waals surface area (Å²) in [4.78, 5) is 12.5. The number of aromatic nitrogens is 1. The lowest BCUT2D eigenvalue weighted by Gasteiger charge is -2.24. The number of methoxy groups -OCH3 is 3. The molecule has 25 heavy (non-hydrogen) atoms. The summed E-state index contributed by atoms with van der Waals surface area (Å²) in [6.07, 6.45) is 0. The third-order valence-corrected chi connectivity index (χ3v) is 3.95. The van der Waals surface area contributed by atoms with Crippen molar-refractivity contribution in [3.63, 3.8) is 0 Å². The number of hydrogen-bond donors (Lipinski definition) is 1. The summed E-state index contributed by atoms with van der Waals surface area (Å²) in [5, 5.41) is 9.81. The van der Waals surface area contributed by atoms with Crippen molar-refractivity contribution < 1.29 is 19.3 Å². The van der Waals surface area contributed by atoms with Crippen molar-refractivity contribution in [2.24, 2.45) is 0 Å². The van der Waals surface area contributed by atoms with Crippen LogP contribution in [0.15, 0.2) is 29.1 Å². The van der Waals surface area contributed by atoms with E-state index in [2.05, 4.69) is 0 Å². The quantitative estimate of drug-likeness (QED) is 0.900. The van der Waals surface area contributed by atoms with Crippen LogP contribution in [0.25, 0.3) is 0 Å². The second-order valence-corrected chi connectivity index (χ2v) is 6.81. The highest BCUT2D eigenvalue weighted by Gasteiger charge is 2.21. The fourth-order valence-corrected chi connectivity index (χ4v) is 2.78. The fraction of sp³-hybridized carbons (Fsp3) is 0.421. The van der Waals surface area contributed by atoms with Crippen molar-refractivity contribution in [2.45, 2.75) is 32.7 Å². The molecule has 0 aliphatic carbocycles. The molecule has 0 amide bonds. The molecule has 0 fully saturated rings. The van der Waals surface area contributed by atoms with E-state index in [1.54, 1.807) is 32.0 Å². The zero-order valence-corrected chi connectivity index (χ0v) is 15.5. The van der Waals surface area contributed by atoms with Crippen LogP contribution in [0.3, 0.4) is 0 Å². The molecule has 0 aliphatic heterocycles. The van der Waals surface area contributed by atoms with Gasteiger partial charge in [0.15, 0.2) is 11.5 Å². The number of benzene rings is 1. The summed E-state index contributed by atoms with van der Waals surface area (Å²) in [7, 11) is 4.64. The van der Waals surface area contributed by atoms with Gasteiger partial charge in [0.2, 0.25) is 5.75 Å². The molecular weight excluding hydrogens is 322 g/mol. The first-order valence-corrected chi connectivity index (χ1v) is 7.94. The van der Waals surface area contributed by atoms with Crippen LogP contribution in [0.4, 0.5) is 0 Å². The van der Waals surface area contributed by atoms with Crippen molar-refractivity contribution in [1.29, 1.82) is 0 Å². The number of aromatic hydroxyl groups is 1. The van der Waals surface area contributed by atoms with E-state index >= 15 is 0 Å². The van der Waals surface area contributed by atoms with Gasteiger partial charge in [0.1, 0.15) is 5.75 Å². The smallest absolute Gasteiger partial charge is 0.254 e. The average molecular weight is 347 g/mol. The molecule has 2 rings (SSSR count). The van der Waals surface area contributed by atoms with Crippen LogP contribution >= 0.6 is 0 Å². The molecule has 1 aromatic carbocycles. The van der Waals surface area contributed by atoms with Gasteiger partial charge in [0.05, 0.1) is 27.9 Å². The van der Waals surface area contributed by atoms with Gasteiger partial charge in [-0.2, -0.15) is 0 Å². The minimum Gasteiger partial charge on any atom is -0.508 e. The van der Waals surface area contributed by atoms with Gasteiger partial charge in [-0.05, 0) is 17.7 Å². The van der Waals surface area contributed by atoms with Crippen LogP contribution in [0.1, 0.15) is 32.0 Å². The van der Waals surface area contributed by atoms with Crippen LogP contribution in [-0.4, -0.2) is 31.0 Å². The maximum absolute atomic E-state index is 12.5. The van der Waals surface area contributed by atoms with Crippen molar-refractivity contribution in [3.8, 4) is 23.0 Å². The lowest BCUT2D eigenvalue weighted by molar-refractivity contribution is 0.323. The van der Waals surface area contributed by atoms with Gasteiger partial charge < -0.3 is 23.9 Å². The van der Waals surface area contributed by atoms with E-state index in [-0.39, 0.29) is 16.7 Å². The molecule has 0 saturated heterocycles. The fourth-order valence-electron chi connectivity index (χ4n) is 2.78. The first kappa shape index (κ1) is 18.7. The van der Waals surface area contributed by atoms with E-state index in [1.807, 2.05) is 32.9 Å². The predicted molar refractivity (Wildman–Crippen MR) is 96.3 cm³/mol. The van der Waals surface area contributed by atoms with Crippen molar-refractivity contribution in [1.82, 2.24) is 4.57 Å². The molecule has 6 heteroatoms. The van der Waals surface area contributed by atoms with Crippen LogP contribution in [0, 0.1) is 0 Å². The Morgan fingerprint density at radius 1 is 0.960 bits per heavy atom. The summed E-state index contributed by atoms with van der Waals surface area (Å²) in [5.74, 6) is 1.53. The second-order valence-electron chi connectivity index (χ2n) is 6.81. The molecule has 1 N–H and O–H groups in total. The minimum absolute atomic E-state index is 0.0314. The second kappa shape index (κ2) is 7.09. The summed E-state index contributed by atoms with van der Waals surface area (Å²) in [6, 6.07) is 6.47. The number of hydrogen-bond acceptors (Lipinski definition) is 5. The van der Waals surface area contributed by atoms with Gasteiger partial charge in [-0.1, -0.05) is 20.8 Å². The van der Waals surface area contributed by atoms with E-state index in [9.17, 15) is 9.90 Å². The Labute approximate surface area is 147 Å². The first-order chi connectivity index (χ1) is 11.7. The number of rotatable bonds is 5. The van der Waals surface area contributed by atoms with Gasteiger partial charge in [-0.25, -0.2) is 0 Å². The topological polar surface area (TPSA) is 69.9 Å². The molecule has 2 aromatic rings. The maximum atomic E-state index is 12.5. The normalized spacial score (nSPS) is 11.3. The van der Waals surface area contributed by atoms with E-state index < -0.39 is 0 Å². The van der Waals surface area contributed by atoms with Crippen molar-refractivity contribution in [2.75, 3.05) is 21.3 Å². The molecule has 0 unspecified atom stereocenters. The summed E-state index contributed by atoms with van der Waals surface area (Å²) >= 11 is 0. The Morgan fingerprint density at radius 3 is 1.96 bits per heavy atom. The summed E-state index contributed by atoms with van der Waals surface area (Å²) in [5.41, 5.74) is 0.996. The molecule has 0 saturated carbocycles. The molecule has 6 nitrogen and oxygen atoms in total. The molecule has 0 spiro atoms. The third kappa shape index (κ3) is 3.90. The molecule has 0 bridgehead atoms. The van der Waals surface area contributed by atoms with Crippen LogP contribution in [0.2, 0.25) is 0 Å². The van der Waals surface area contributed by atoms with Crippen LogP contribution in [0.5, 0.6) is 23.0 Å². The number of pyridine rings is 1. The Hall–Kier alpha value is -2.63. The number of ether oxygens (including phenoxy) is 3. The zero-order valence-electron chi connectivity index (χ0n) is 15.5. The molecule has 1 heterocycles. The van der Waals surface area contributed by atoms with Gasteiger partial charge in [-0.3, -0.25) is 4.79 Å². The Balaban J connectivity index is 2.59. The zero-order chi connectivity index (χ0) is 18.8. The average Bonchev–Trinajstić information content (AvgIpc) is 2.54. The molecule has 136 valence electrons. The van der Waals surface area contributed by atoms with Gasteiger partial charge in [-0.15, -0.1) is 0 Å². The number of nitrogens with zero attached hydrogens (tertiary/aromatic N) is 1. The maximum Gasteiger partial charge on any atom is 0.254 e. The Morgan fingerprint density at radius 2 is 1.52 bits per heavy atom. The molecule has 1 aromatic heterocycles. The minimum atomic E-state index is -0.307. The highest BCUT2D eigenvalue weighted by atomic mass is 16.5. The Kier molecular flexibility index (Phi) is 5.30. The van der Waals surface area contributed by atoms with E-state index in [4.69, 9.17) is 14.2 Å². The molecule has 0 aliphatic rings. The SMILES string of the molecule is COc1cc(Cn2c(C(C)(C)C)cc(O)cc2=O)cc(OC)c1OC. The first-order valence-electron chi connectivity index (χ1n) is 7.94. The standard InChI is InChI=1S/C19H25NO5/c1-19(2,3)16-9-13(21)10-17(22)20(16)11-12-7-14(23-4)18(25-6)15(8-12)24-5/h7-10,21H,11H2,1-6H3. The van der Waals surface area contributed by atoms with E-state index in [1.165, 1.54) is 6.07 Å². The highest BCUT2D eigenvalue weighted by Crippen LogP contribution is 2.38.